The first-order valence-electron chi connectivity index (χ1n) is 2.64. The molecule has 0 aliphatic rings. The lowest BCUT2D eigenvalue weighted by Crippen LogP contribution is -2.69. The standard InChI is InChI=1S/C3ClF7O4/c5-1(2(6,7)8,3(9,10)11)15-4(12,13)14. The molecule has 4 nitrogen and oxygen atoms in total. The molecule has 0 unspecified atom stereocenters. The second kappa shape index (κ2) is 3.59. The zero-order chi connectivity index (χ0) is 12.7. The van der Waals surface area contributed by atoms with Crippen molar-refractivity contribution in [3.05, 3.63) is 0 Å². The van der Waals surface area contributed by atoms with Gasteiger partial charge >= 0.3 is 18.2 Å². The van der Waals surface area contributed by atoms with Crippen molar-refractivity contribution in [2.24, 2.45) is 0 Å². The summed E-state index contributed by atoms with van der Waals surface area (Å²) in [7, 11) is -6.23. The van der Waals surface area contributed by atoms with Gasteiger partial charge in [-0.25, -0.2) is 0 Å². The monoisotopic (exact) mass is 268 g/mol. The van der Waals surface area contributed by atoms with E-state index in [2.05, 4.69) is 0 Å². The summed E-state index contributed by atoms with van der Waals surface area (Å²) in [5.74, 6) is -6.55. The van der Waals surface area contributed by atoms with Crippen LogP contribution in [0.25, 0.3) is 0 Å². The lowest BCUT2D eigenvalue weighted by atomic mass is 10.3. The molecule has 0 aromatic heterocycles. The fraction of sp³-hybridized carbons (Fsp3) is 1.00. The molecule has 0 aliphatic heterocycles. The largest absolute Gasteiger partial charge is 0.547 e. The fourth-order valence-electron chi connectivity index (χ4n) is 0.378. The van der Waals surface area contributed by atoms with Crippen LogP contribution in [0.2, 0.25) is 0 Å². The Morgan fingerprint density at radius 2 is 1.00 bits per heavy atom. The molecule has 0 spiro atoms. The van der Waals surface area contributed by atoms with E-state index in [0.717, 1.165) is 0 Å². The van der Waals surface area contributed by atoms with E-state index in [4.69, 9.17) is 0 Å². The predicted octanol–water partition coefficient (Wildman–Crippen LogP) is -1.31. The Morgan fingerprint density at radius 3 is 1.07 bits per heavy atom. The van der Waals surface area contributed by atoms with Crippen LogP contribution in [0.1, 0.15) is 0 Å². The highest BCUT2D eigenvalue weighted by atomic mass is 35.7. The maximum atomic E-state index is 12.2. The molecule has 15 heavy (non-hydrogen) atoms. The van der Waals surface area contributed by atoms with E-state index in [1.165, 1.54) is 0 Å². The van der Waals surface area contributed by atoms with Crippen molar-refractivity contribution in [1.82, 2.24) is 0 Å². The van der Waals surface area contributed by atoms with Gasteiger partial charge in [0.25, 0.3) is 0 Å². The van der Waals surface area contributed by atoms with E-state index in [9.17, 15) is 44.7 Å². The molecule has 0 bridgehead atoms. The molecule has 12 heteroatoms. The fourth-order valence-corrected chi connectivity index (χ4v) is 0.814. The van der Waals surface area contributed by atoms with Crippen LogP contribution in [-0.4, -0.2) is 18.2 Å². The first-order valence-corrected chi connectivity index (χ1v) is 3.88. The highest BCUT2D eigenvalue weighted by molar-refractivity contribution is 4.83. The van der Waals surface area contributed by atoms with Crippen molar-refractivity contribution in [3.8, 4) is 0 Å². The number of rotatable bonds is 2. The van der Waals surface area contributed by atoms with Crippen LogP contribution >= 0.6 is 0 Å². The van der Waals surface area contributed by atoms with Gasteiger partial charge in [0.05, 0.1) is 10.2 Å². The smallest absolute Gasteiger partial charge is 0.183 e. The van der Waals surface area contributed by atoms with E-state index in [1.807, 2.05) is 4.29 Å². The Bertz CT molecular complexity index is 214. The van der Waals surface area contributed by atoms with E-state index < -0.39 is 28.5 Å². The number of hydrogen-bond donors (Lipinski definition) is 0. The minimum Gasteiger partial charge on any atom is -0.183 e. The first-order chi connectivity index (χ1) is 6.21. The normalized spacial score (nSPS) is 15.6. The van der Waals surface area contributed by atoms with Gasteiger partial charge in [-0.1, -0.05) is 0 Å². The Hall–Kier alpha value is -0.360. The van der Waals surface area contributed by atoms with Crippen molar-refractivity contribution in [1.29, 1.82) is 0 Å². The highest BCUT2D eigenvalue weighted by Crippen LogP contribution is 2.47. The summed E-state index contributed by atoms with van der Waals surface area (Å²) in [5.41, 5.74) is 0. The third kappa shape index (κ3) is 3.31. The van der Waals surface area contributed by atoms with Crippen LogP contribution in [0.5, 0.6) is 0 Å². The molecular weight excluding hydrogens is 268 g/mol. The Balaban J connectivity index is 5.26. The number of hydrogen-bond acceptors (Lipinski definition) is 4. The van der Waals surface area contributed by atoms with E-state index in [-0.39, 0.29) is 0 Å². The van der Waals surface area contributed by atoms with Crippen LogP contribution < -0.4 is 14.0 Å². The van der Waals surface area contributed by atoms with Crippen molar-refractivity contribution in [2.75, 3.05) is 0 Å². The summed E-state index contributed by atoms with van der Waals surface area (Å²) in [5, 5.41) is 0. The summed E-state index contributed by atoms with van der Waals surface area (Å²) in [6, 6.07) is 0. The molecule has 0 fully saturated rings. The lowest BCUT2D eigenvalue weighted by molar-refractivity contribution is -1.92. The summed E-state index contributed by atoms with van der Waals surface area (Å²) in [6.07, 6.45) is -13.5. The van der Waals surface area contributed by atoms with Gasteiger partial charge in [0.2, 0.25) is 0 Å². The average molecular weight is 268 g/mol. The molecule has 0 amide bonds. The van der Waals surface area contributed by atoms with E-state index >= 15 is 0 Å². The molecule has 0 rings (SSSR count). The third-order valence-electron chi connectivity index (χ3n) is 0.930. The molecule has 0 heterocycles. The summed E-state index contributed by atoms with van der Waals surface area (Å²) < 4.78 is 112. The van der Waals surface area contributed by atoms with Crippen LogP contribution in [0.15, 0.2) is 0 Å². The molecule has 0 aliphatic carbocycles. The van der Waals surface area contributed by atoms with Gasteiger partial charge in [0.15, 0.2) is 0 Å². The minimum absolute atomic E-state index is 1.83. The van der Waals surface area contributed by atoms with E-state index in [0.29, 0.717) is 0 Å². The quantitative estimate of drug-likeness (QED) is 0.583. The second-order valence-corrected chi connectivity index (χ2v) is 2.96. The first kappa shape index (κ1) is 14.6. The zero-order valence-electron chi connectivity index (χ0n) is 6.16. The van der Waals surface area contributed by atoms with Gasteiger partial charge in [-0.3, -0.25) is 0 Å². The van der Waals surface area contributed by atoms with Gasteiger partial charge in [-0.05, 0) is 0 Å². The average Bonchev–Trinajstić information content (AvgIpc) is 1.77. The summed E-state index contributed by atoms with van der Waals surface area (Å²) >= 11 is 0. The van der Waals surface area contributed by atoms with Crippen molar-refractivity contribution >= 4 is 0 Å². The molecule has 0 aromatic rings. The van der Waals surface area contributed by atoms with Crippen LogP contribution in [-0.2, 0) is 4.29 Å². The molecule has 0 saturated heterocycles. The molecule has 0 N–H and O–H groups in total. The van der Waals surface area contributed by atoms with Crippen LogP contribution in [0.3, 0.4) is 0 Å². The lowest BCUT2D eigenvalue weighted by Gasteiger charge is -2.26. The maximum Gasteiger partial charge on any atom is 0.547 e. The van der Waals surface area contributed by atoms with Gasteiger partial charge < -0.3 is 0 Å². The maximum absolute atomic E-state index is 12.2. The van der Waals surface area contributed by atoms with Crippen molar-refractivity contribution in [2.45, 2.75) is 18.2 Å². The summed E-state index contributed by atoms with van der Waals surface area (Å²) in [6.45, 7) is 0. The molecular formula is C3ClF7O4. The van der Waals surface area contributed by atoms with Gasteiger partial charge in [0.1, 0.15) is 4.29 Å². The van der Waals surface area contributed by atoms with Gasteiger partial charge in [0, 0.05) is 0 Å². The SMILES string of the molecule is [O-][Cl+3]([O-])([O-])OC(F)(C(F)(F)F)C(F)(F)F. The third-order valence-corrected chi connectivity index (χ3v) is 1.33. The Kier molecular flexibility index (Phi) is 3.50. The second-order valence-electron chi connectivity index (χ2n) is 2.05. The highest BCUT2D eigenvalue weighted by Gasteiger charge is 2.84. The van der Waals surface area contributed by atoms with E-state index in [1.54, 1.807) is 0 Å². The molecule has 0 atom stereocenters. The zero-order valence-corrected chi connectivity index (χ0v) is 6.91. The van der Waals surface area contributed by atoms with Crippen molar-refractivity contribution in [3.63, 3.8) is 0 Å². The van der Waals surface area contributed by atoms with Crippen molar-refractivity contribution < 1.29 is 59.2 Å². The Morgan fingerprint density at radius 1 is 0.733 bits per heavy atom. The molecule has 0 radical (unpaired) electrons. The van der Waals surface area contributed by atoms with Crippen LogP contribution in [0.4, 0.5) is 30.7 Å². The molecule has 0 aromatic carbocycles. The van der Waals surface area contributed by atoms with Gasteiger partial charge in [-0.2, -0.15) is 44.7 Å². The Labute approximate surface area is 78.6 Å². The topological polar surface area (TPSA) is 78.4 Å². The molecule has 0 saturated carbocycles. The minimum atomic E-state index is -6.75. The molecule has 92 valence electrons. The van der Waals surface area contributed by atoms with Crippen LogP contribution in [0, 0.1) is 10.2 Å². The number of halogens is 8. The number of alkyl halides is 7. The predicted molar refractivity (Wildman–Crippen MR) is 17.0 cm³/mol. The van der Waals surface area contributed by atoms with Gasteiger partial charge in [-0.15, -0.1) is 0 Å². The summed E-state index contributed by atoms with van der Waals surface area (Å²) in [4.78, 5) is 0.